The molecule has 0 amide bonds. The van der Waals surface area contributed by atoms with Crippen LogP contribution in [0.15, 0.2) is 54.6 Å². The average molecular weight is 667 g/mol. The molecule has 0 atom stereocenters. The molecule has 0 bridgehead atoms. The third-order valence-electron chi connectivity index (χ3n) is 6.06. The molecule has 0 fully saturated rings. The summed E-state index contributed by atoms with van der Waals surface area (Å²) in [5, 5.41) is 51.6. The molecule has 0 aromatic heterocycles. The second-order valence-corrected chi connectivity index (χ2v) is 9.40. The molecule has 47 heavy (non-hydrogen) atoms. The molecule has 0 aliphatic rings. The van der Waals surface area contributed by atoms with Gasteiger partial charge in [-0.15, -0.1) is 0 Å². The summed E-state index contributed by atoms with van der Waals surface area (Å²) in [5.41, 5.74) is -0.324. The Morgan fingerprint density at radius 2 is 0.723 bits per heavy atom. The molecule has 15 nitrogen and oxygen atoms in total. The number of benzene rings is 3. The minimum absolute atomic E-state index is 0.128. The van der Waals surface area contributed by atoms with E-state index < -0.39 is 23.3 Å². The van der Waals surface area contributed by atoms with E-state index in [4.69, 9.17) is 59.1 Å². The zero-order chi connectivity index (χ0) is 36.2. The van der Waals surface area contributed by atoms with Gasteiger partial charge in [-0.25, -0.2) is 14.4 Å². The highest BCUT2D eigenvalue weighted by molar-refractivity contribution is 5.92. The lowest BCUT2D eigenvalue weighted by atomic mass is 9.95. The van der Waals surface area contributed by atoms with Crippen LogP contribution in [-0.2, 0) is 0 Å². The second-order valence-electron chi connectivity index (χ2n) is 9.40. The topological polar surface area (TPSA) is 228 Å². The maximum atomic E-state index is 10.7. The Morgan fingerprint density at radius 3 is 0.851 bits per heavy atom. The van der Waals surface area contributed by atoms with E-state index in [1.54, 1.807) is 25.1 Å². The highest BCUT2D eigenvalue weighted by Gasteiger charge is 2.20. The lowest BCUT2D eigenvalue weighted by Gasteiger charge is -2.20. The summed E-state index contributed by atoms with van der Waals surface area (Å²) in [6.07, 6.45) is 0. The molecule has 0 spiro atoms. The summed E-state index contributed by atoms with van der Waals surface area (Å²) in [5.74, 6) is -0.436. The lowest BCUT2D eigenvalue weighted by molar-refractivity contribution is 0.0200. The largest absolute Gasteiger partial charge is 0.497 e. The Morgan fingerprint density at radius 1 is 0.489 bits per heavy atom. The predicted octanol–water partition coefficient (Wildman–Crippen LogP) is 3.18. The number of aromatic carboxylic acids is 3. The molecule has 0 aliphatic heterocycles. The molecule has 0 saturated carbocycles. The van der Waals surface area contributed by atoms with Gasteiger partial charge in [0.2, 0.25) is 0 Å². The van der Waals surface area contributed by atoms with E-state index in [-0.39, 0.29) is 36.5 Å². The van der Waals surface area contributed by atoms with Crippen molar-refractivity contribution in [3.05, 3.63) is 71.3 Å². The van der Waals surface area contributed by atoms with Gasteiger partial charge >= 0.3 is 17.9 Å². The van der Waals surface area contributed by atoms with Gasteiger partial charge in [0.05, 0.1) is 62.5 Å². The number of aliphatic hydroxyl groups excluding tert-OH is 3. The molecule has 0 saturated heterocycles. The highest BCUT2D eigenvalue weighted by atomic mass is 16.5. The predicted molar refractivity (Wildman–Crippen MR) is 169 cm³/mol. The first-order valence-corrected chi connectivity index (χ1v) is 13.4. The van der Waals surface area contributed by atoms with E-state index in [9.17, 15) is 14.4 Å². The lowest BCUT2D eigenvalue weighted by Crippen LogP contribution is -2.29. The standard InChI is InChI=1S/3C9H10O4.C5H12O3/c3*1-12-6-3-4-7(9(10)11)8(5-6)13-2;1-5(2-6,3-7)4-8/h3*3-5H,1-2H3,(H,10,11);6-8H,2-4H2,1H3. The third kappa shape index (κ3) is 13.7. The monoisotopic (exact) mass is 666 g/mol. The minimum atomic E-state index is -1.01. The van der Waals surface area contributed by atoms with Crippen molar-refractivity contribution in [3.8, 4) is 34.5 Å². The summed E-state index contributed by atoms with van der Waals surface area (Å²) >= 11 is 0. The first kappa shape index (κ1) is 41.8. The Balaban J connectivity index is 0.000000610. The molecule has 3 aromatic rings. The van der Waals surface area contributed by atoms with Crippen molar-refractivity contribution in [2.24, 2.45) is 5.41 Å². The zero-order valence-corrected chi connectivity index (χ0v) is 27.2. The van der Waals surface area contributed by atoms with Crippen LogP contribution in [0.1, 0.15) is 38.0 Å². The van der Waals surface area contributed by atoms with Crippen LogP contribution >= 0.6 is 0 Å². The van der Waals surface area contributed by atoms with Crippen molar-refractivity contribution < 1.29 is 73.4 Å². The fraction of sp³-hybridized carbons (Fsp3) is 0.344. The molecule has 0 heterocycles. The zero-order valence-electron chi connectivity index (χ0n) is 27.2. The van der Waals surface area contributed by atoms with Gasteiger partial charge in [0.25, 0.3) is 0 Å². The van der Waals surface area contributed by atoms with E-state index in [1.807, 2.05) is 0 Å². The molecule has 6 N–H and O–H groups in total. The summed E-state index contributed by atoms with van der Waals surface area (Å²) in [4.78, 5) is 32.0. The van der Waals surface area contributed by atoms with Crippen LogP contribution in [0.3, 0.4) is 0 Å². The van der Waals surface area contributed by atoms with E-state index in [1.165, 1.54) is 79.1 Å². The Labute approximate surface area is 272 Å². The van der Waals surface area contributed by atoms with Crippen LogP contribution in [-0.4, -0.2) is 111 Å². The molecule has 0 aliphatic carbocycles. The fourth-order valence-electron chi connectivity index (χ4n) is 3.08. The number of ether oxygens (including phenoxy) is 6. The van der Waals surface area contributed by atoms with Crippen molar-refractivity contribution in [2.45, 2.75) is 6.92 Å². The number of rotatable bonds is 12. The number of aliphatic hydroxyl groups is 3. The van der Waals surface area contributed by atoms with Crippen LogP contribution in [0, 0.1) is 5.41 Å². The average Bonchev–Trinajstić information content (AvgIpc) is 3.10. The Bertz CT molecular complexity index is 1250. The van der Waals surface area contributed by atoms with Crippen molar-refractivity contribution in [3.63, 3.8) is 0 Å². The van der Waals surface area contributed by atoms with Crippen molar-refractivity contribution in [2.75, 3.05) is 62.5 Å². The molecule has 260 valence electrons. The number of methoxy groups -OCH3 is 6. The minimum Gasteiger partial charge on any atom is -0.497 e. The van der Waals surface area contributed by atoms with Gasteiger partial charge in [-0.3, -0.25) is 0 Å². The molecule has 3 aromatic carbocycles. The number of carbonyl (C=O) groups is 3. The van der Waals surface area contributed by atoms with Crippen LogP contribution in [0.2, 0.25) is 0 Å². The van der Waals surface area contributed by atoms with Crippen molar-refractivity contribution >= 4 is 17.9 Å². The normalized spacial score (nSPS) is 9.83. The van der Waals surface area contributed by atoms with Gasteiger partial charge in [-0.1, -0.05) is 6.92 Å². The third-order valence-corrected chi connectivity index (χ3v) is 6.06. The molecule has 3 rings (SSSR count). The fourth-order valence-corrected chi connectivity index (χ4v) is 3.08. The Hall–Kier alpha value is -5.25. The molecule has 0 radical (unpaired) electrons. The summed E-state index contributed by atoms with van der Waals surface area (Å²) < 4.78 is 29.4. The van der Waals surface area contributed by atoms with Crippen LogP contribution in [0.5, 0.6) is 34.5 Å². The SMILES string of the molecule is CC(CO)(CO)CO.COc1ccc(C(=O)O)c(OC)c1.COc1ccc(C(=O)O)c(OC)c1.COc1ccc(C(=O)O)c(OC)c1. The first-order valence-electron chi connectivity index (χ1n) is 13.4. The molecule has 15 heteroatoms. The smallest absolute Gasteiger partial charge is 0.339 e. The van der Waals surface area contributed by atoms with Crippen molar-refractivity contribution in [1.82, 2.24) is 0 Å². The van der Waals surface area contributed by atoms with E-state index >= 15 is 0 Å². The van der Waals surface area contributed by atoms with Crippen LogP contribution in [0.25, 0.3) is 0 Å². The summed E-state index contributed by atoms with van der Waals surface area (Å²) in [7, 11) is 8.78. The van der Waals surface area contributed by atoms with Crippen LogP contribution in [0.4, 0.5) is 0 Å². The van der Waals surface area contributed by atoms with Gasteiger partial charge in [0.1, 0.15) is 51.2 Å². The molecule has 0 unspecified atom stereocenters. The summed E-state index contributed by atoms with van der Waals surface area (Å²) in [6.45, 7) is 1.06. The maximum absolute atomic E-state index is 10.7. The van der Waals surface area contributed by atoms with Gasteiger partial charge in [-0.05, 0) is 36.4 Å². The second kappa shape index (κ2) is 21.5. The number of hydrogen-bond donors (Lipinski definition) is 6. The van der Waals surface area contributed by atoms with E-state index in [0.29, 0.717) is 34.5 Å². The molecular formula is C32H42O15. The van der Waals surface area contributed by atoms with Gasteiger partial charge in [-0.2, -0.15) is 0 Å². The van der Waals surface area contributed by atoms with E-state index in [2.05, 4.69) is 0 Å². The number of carboxylic acids is 3. The maximum Gasteiger partial charge on any atom is 0.339 e. The van der Waals surface area contributed by atoms with Crippen molar-refractivity contribution in [1.29, 1.82) is 0 Å². The Kier molecular flexibility index (Phi) is 19.1. The number of hydrogen-bond acceptors (Lipinski definition) is 12. The highest BCUT2D eigenvalue weighted by Crippen LogP contribution is 2.26. The van der Waals surface area contributed by atoms with Gasteiger partial charge in [0, 0.05) is 23.6 Å². The van der Waals surface area contributed by atoms with Gasteiger partial charge < -0.3 is 59.1 Å². The van der Waals surface area contributed by atoms with Gasteiger partial charge in [0.15, 0.2) is 0 Å². The quantitative estimate of drug-likeness (QED) is 0.163. The van der Waals surface area contributed by atoms with E-state index in [0.717, 1.165) is 0 Å². The van der Waals surface area contributed by atoms with Crippen LogP contribution < -0.4 is 28.4 Å². The summed E-state index contributed by atoms with van der Waals surface area (Å²) in [6, 6.07) is 13.7. The first-order chi connectivity index (χ1) is 22.2. The number of carboxylic acid groups (broad SMARTS) is 3. The molecular weight excluding hydrogens is 624 g/mol.